The summed E-state index contributed by atoms with van der Waals surface area (Å²) in [6.07, 6.45) is 2.50. The third-order valence-corrected chi connectivity index (χ3v) is 10.1. The Morgan fingerprint density at radius 2 is 1.81 bits per heavy atom. The Balaban J connectivity index is 1.25. The molecule has 2 aliphatic rings. The maximum Gasteiger partial charge on any atom is 0.410 e. The summed E-state index contributed by atoms with van der Waals surface area (Å²) in [6, 6.07) is 17.8. The molecule has 0 saturated carbocycles. The van der Waals surface area contributed by atoms with Crippen molar-refractivity contribution in [2.45, 2.75) is 70.9 Å². The zero-order valence-electron chi connectivity index (χ0n) is 30.2. The maximum atomic E-state index is 15.7. The van der Waals surface area contributed by atoms with Crippen molar-refractivity contribution < 1.29 is 28.6 Å². The smallest absolute Gasteiger partial charge is 0.410 e. The lowest BCUT2D eigenvalue weighted by Gasteiger charge is -2.29. The van der Waals surface area contributed by atoms with Crippen LogP contribution in [0.5, 0.6) is 5.75 Å². The first-order valence-corrected chi connectivity index (χ1v) is 18.4. The van der Waals surface area contributed by atoms with E-state index in [0.29, 0.717) is 88.3 Å². The van der Waals surface area contributed by atoms with Crippen LogP contribution in [0.25, 0.3) is 22.4 Å². The number of aliphatic hydroxyl groups is 1. The number of carbonyl (C=O) groups is 2. The average molecular weight is 765 g/mol. The largest absolute Gasteiger partial charge is 0.496 e. The molecule has 2 saturated heterocycles. The quantitative estimate of drug-likeness (QED) is 0.140. The fraction of sp³-hybridized carbons (Fsp3) is 0.375. The van der Waals surface area contributed by atoms with Crippen LogP contribution in [0.3, 0.4) is 0 Å². The Hall–Kier alpha value is -4.42. The number of pyridine rings is 1. The van der Waals surface area contributed by atoms with Gasteiger partial charge in [0.1, 0.15) is 11.4 Å². The summed E-state index contributed by atoms with van der Waals surface area (Å²) in [5.74, 6) is 0.104. The van der Waals surface area contributed by atoms with Crippen LogP contribution in [0.15, 0.2) is 66.9 Å². The number of methoxy groups -OCH3 is 1. The molecule has 0 radical (unpaired) electrons. The van der Waals surface area contributed by atoms with Crippen molar-refractivity contribution in [2.75, 3.05) is 32.1 Å². The van der Waals surface area contributed by atoms with Crippen molar-refractivity contribution >= 4 is 46.6 Å². The van der Waals surface area contributed by atoms with Crippen LogP contribution in [0.1, 0.15) is 51.2 Å². The minimum atomic E-state index is -0.700. The summed E-state index contributed by atoms with van der Waals surface area (Å²) in [6.45, 7) is 7.53. The van der Waals surface area contributed by atoms with E-state index in [2.05, 4.69) is 15.6 Å². The summed E-state index contributed by atoms with van der Waals surface area (Å²) >= 11 is 14.0. The van der Waals surface area contributed by atoms with Gasteiger partial charge in [0.25, 0.3) is 0 Å². The van der Waals surface area contributed by atoms with Crippen LogP contribution in [-0.4, -0.2) is 76.4 Å². The van der Waals surface area contributed by atoms with E-state index in [1.54, 1.807) is 48.5 Å². The first kappa shape index (κ1) is 38.3. The molecular formula is C40H44Cl2FN5O5. The van der Waals surface area contributed by atoms with E-state index < -0.39 is 11.7 Å². The van der Waals surface area contributed by atoms with Crippen LogP contribution < -0.4 is 15.4 Å². The molecular weight excluding hydrogens is 720 g/mol. The fourth-order valence-electron chi connectivity index (χ4n) is 6.67. The minimum absolute atomic E-state index is 0.0354. The monoisotopic (exact) mass is 763 g/mol. The van der Waals surface area contributed by atoms with Crippen molar-refractivity contribution in [2.24, 2.45) is 0 Å². The average Bonchev–Trinajstić information content (AvgIpc) is 3.73. The molecule has 3 aromatic carbocycles. The highest BCUT2D eigenvalue weighted by atomic mass is 35.5. The van der Waals surface area contributed by atoms with Gasteiger partial charge < -0.3 is 30.1 Å². The van der Waals surface area contributed by atoms with Crippen molar-refractivity contribution in [1.82, 2.24) is 20.1 Å². The highest BCUT2D eigenvalue weighted by Crippen LogP contribution is 2.42. The van der Waals surface area contributed by atoms with Gasteiger partial charge in [-0.3, -0.25) is 14.7 Å². The maximum absolute atomic E-state index is 15.7. The molecule has 0 unspecified atom stereocenters. The van der Waals surface area contributed by atoms with Gasteiger partial charge in [-0.1, -0.05) is 59.6 Å². The lowest BCUT2D eigenvalue weighted by Crippen LogP contribution is -2.43. The SMILES string of the molecule is COc1cc(-c2nccc(-c3cccc(Nc4cccc(CN5CC[C@H](O)C5)c4F)c3Cl)c2Cl)ccc1CN(C[C@@H]1CCC(=O)N1)C(=O)OC(C)(C)C. The van der Waals surface area contributed by atoms with E-state index in [-0.39, 0.29) is 42.6 Å². The van der Waals surface area contributed by atoms with E-state index in [1.165, 1.54) is 0 Å². The molecule has 1 aromatic heterocycles. The highest BCUT2D eigenvalue weighted by molar-refractivity contribution is 6.39. The Bertz CT molecular complexity index is 1990. The zero-order valence-corrected chi connectivity index (χ0v) is 31.7. The van der Waals surface area contributed by atoms with Crippen LogP contribution in [0.2, 0.25) is 10.0 Å². The molecule has 0 spiro atoms. The van der Waals surface area contributed by atoms with Gasteiger partial charge in [-0.25, -0.2) is 9.18 Å². The molecule has 13 heteroatoms. The normalized spacial score (nSPS) is 17.5. The summed E-state index contributed by atoms with van der Waals surface area (Å²) < 4.78 is 27.2. The number of likely N-dealkylation sites (tertiary alicyclic amines) is 1. The number of aromatic nitrogens is 1. The zero-order chi connectivity index (χ0) is 37.9. The van der Waals surface area contributed by atoms with Crippen molar-refractivity contribution in [3.8, 4) is 28.1 Å². The second kappa shape index (κ2) is 16.3. The number of amides is 2. The predicted octanol–water partition coefficient (Wildman–Crippen LogP) is 8.20. The Morgan fingerprint density at radius 1 is 1.06 bits per heavy atom. The number of anilines is 2. The molecule has 3 heterocycles. The Labute approximate surface area is 319 Å². The molecule has 3 N–H and O–H groups in total. The molecule has 2 amide bonds. The highest BCUT2D eigenvalue weighted by Gasteiger charge is 2.29. The van der Waals surface area contributed by atoms with Crippen molar-refractivity contribution in [3.05, 3.63) is 93.8 Å². The fourth-order valence-corrected chi connectivity index (χ4v) is 7.27. The number of nitrogens with one attached hydrogen (secondary N) is 2. The summed E-state index contributed by atoms with van der Waals surface area (Å²) in [5.41, 5.74) is 3.78. The number of rotatable bonds is 11. The number of aliphatic hydroxyl groups excluding tert-OH is 1. The van der Waals surface area contributed by atoms with Crippen molar-refractivity contribution in [3.63, 3.8) is 0 Å². The topological polar surface area (TPSA) is 116 Å². The van der Waals surface area contributed by atoms with Gasteiger partial charge in [-0.2, -0.15) is 0 Å². The second-order valence-electron chi connectivity index (χ2n) is 14.5. The molecule has 0 bridgehead atoms. The summed E-state index contributed by atoms with van der Waals surface area (Å²) in [7, 11) is 1.55. The standard InChI is InChI=1S/C40H44Cl2FN5O5/c1-40(2,3)53-39(51)48(22-27-13-14-34(50)45-27)21-25-12-11-24(19-33(25)52-4)38-36(42)30(15-17-44-38)29-8-6-9-31(35(29)41)46-32-10-5-7-26(37(32)43)20-47-18-16-28(49)23-47/h5-12,15,17,19,27-28,46,49H,13-14,16,18,20-23H2,1-4H3,(H,45,50)/t27-,28-/m0/s1. The molecule has 2 aliphatic heterocycles. The molecule has 10 nitrogen and oxygen atoms in total. The van der Waals surface area contributed by atoms with Gasteiger partial charge in [0.15, 0.2) is 5.82 Å². The second-order valence-corrected chi connectivity index (χ2v) is 15.2. The molecule has 2 fully saturated rings. The van der Waals surface area contributed by atoms with E-state index in [0.717, 1.165) is 5.56 Å². The van der Waals surface area contributed by atoms with Gasteiger partial charge in [0.05, 0.1) is 46.9 Å². The molecule has 53 heavy (non-hydrogen) atoms. The third kappa shape index (κ3) is 9.21. The number of β-amino-alcohol motifs (C(OH)–C–C–N with tert-alkyl or cyclic N) is 1. The van der Waals surface area contributed by atoms with Crippen molar-refractivity contribution in [1.29, 1.82) is 0 Å². The van der Waals surface area contributed by atoms with Gasteiger partial charge >= 0.3 is 6.09 Å². The predicted molar refractivity (Wildman–Crippen MR) is 205 cm³/mol. The number of halogens is 3. The van der Waals surface area contributed by atoms with Crippen LogP contribution >= 0.6 is 23.2 Å². The number of carbonyl (C=O) groups excluding carboxylic acids is 2. The van der Waals surface area contributed by atoms with Crippen LogP contribution in [-0.2, 0) is 22.6 Å². The Morgan fingerprint density at radius 3 is 2.51 bits per heavy atom. The lowest BCUT2D eigenvalue weighted by molar-refractivity contribution is -0.119. The van der Waals surface area contributed by atoms with E-state index in [4.69, 9.17) is 32.7 Å². The van der Waals surface area contributed by atoms with Gasteiger partial charge in [-0.05, 0) is 57.9 Å². The number of hydrogen-bond acceptors (Lipinski definition) is 8. The number of ether oxygens (including phenoxy) is 2. The Kier molecular flexibility index (Phi) is 11.8. The lowest BCUT2D eigenvalue weighted by atomic mass is 10.0. The molecule has 4 aromatic rings. The van der Waals surface area contributed by atoms with Crippen LogP contribution in [0, 0.1) is 5.82 Å². The first-order chi connectivity index (χ1) is 25.3. The first-order valence-electron chi connectivity index (χ1n) is 17.6. The number of nitrogens with zero attached hydrogens (tertiary/aromatic N) is 3. The third-order valence-electron chi connectivity index (χ3n) is 9.27. The summed E-state index contributed by atoms with van der Waals surface area (Å²) in [4.78, 5) is 33.4. The van der Waals surface area contributed by atoms with E-state index in [1.807, 2.05) is 56.0 Å². The van der Waals surface area contributed by atoms with E-state index in [9.17, 15) is 14.7 Å². The summed E-state index contributed by atoms with van der Waals surface area (Å²) in [5, 5.41) is 16.7. The molecule has 280 valence electrons. The molecule has 2 atom stereocenters. The van der Waals surface area contributed by atoms with Gasteiger partial charge in [0.2, 0.25) is 5.91 Å². The minimum Gasteiger partial charge on any atom is -0.496 e. The molecule has 0 aliphatic carbocycles. The van der Waals surface area contributed by atoms with Crippen LogP contribution in [0.4, 0.5) is 20.6 Å². The number of hydrogen-bond donors (Lipinski definition) is 3. The number of benzene rings is 3. The van der Waals surface area contributed by atoms with Gasteiger partial charge in [0, 0.05) is 72.7 Å². The van der Waals surface area contributed by atoms with E-state index >= 15 is 4.39 Å². The van der Waals surface area contributed by atoms with Gasteiger partial charge in [-0.15, -0.1) is 0 Å². The molecule has 6 rings (SSSR count).